The van der Waals surface area contributed by atoms with E-state index in [0.29, 0.717) is 18.8 Å². The van der Waals surface area contributed by atoms with Gasteiger partial charge in [0.25, 0.3) is 0 Å². The second kappa shape index (κ2) is 10.5. The molecule has 1 atom stereocenters. The molecule has 0 aliphatic heterocycles. The zero-order valence-electron chi connectivity index (χ0n) is 14.7. The van der Waals surface area contributed by atoms with Crippen molar-refractivity contribution in [2.45, 2.75) is 18.4 Å². The van der Waals surface area contributed by atoms with Gasteiger partial charge in [0.2, 0.25) is 0 Å². The number of aliphatic imine (C=N–C) groups is 1. The Morgan fingerprint density at radius 1 is 1.08 bits per heavy atom. The molecule has 2 rings (SSSR count). The standard InChI is InChI=1S/C19H25N3O2S/c1-3-20-19(22-15-16-9-11-17(24-2)12-10-16)21-13-14-25(23)18-7-5-4-6-8-18/h4-12H,3,13-15H2,1-2H3,(H2,20,21,22). The maximum Gasteiger partial charge on any atom is 0.191 e. The molecule has 0 aromatic heterocycles. The number of benzene rings is 2. The van der Waals surface area contributed by atoms with Crippen LogP contribution in [-0.4, -0.2) is 36.1 Å². The molecule has 0 bridgehead atoms. The van der Waals surface area contributed by atoms with Gasteiger partial charge in [0, 0.05) is 23.7 Å². The van der Waals surface area contributed by atoms with Gasteiger partial charge in [-0.1, -0.05) is 30.3 Å². The van der Waals surface area contributed by atoms with E-state index in [1.54, 1.807) is 7.11 Å². The quantitative estimate of drug-likeness (QED) is 0.562. The third-order valence-electron chi connectivity index (χ3n) is 3.51. The maximum atomic E-state index is 12.2. The van der Waals surface area contributed by atoms with Gasteiger partial charge in [0.15, 0.2) is 5.96 Å². The molecular formula is C19H25N3O2S. The van der Waals surface area contributed by atoms with E-state index in [-0.39, 0.29) is 0 Å². The summed E-state index contributed by atoms with van der Waals surface area (Å²) in [7, 11) is 0.646. The zero-order valence-corrected chi connectivity index (χ0v) is 15.5. The maximum absolute atomic E-state index is 12.2. The fraction of sp³-hybridized carbons (Fsp3) is 0.316. The Labute approximate surface area is 152 Å². The first-order valence-corrected chi connectivity index (χ1v) is 9.63. The average molecular weight is 359 g/mol. The molecule has 0 amide bonds. The van der Waals surface area contributed by atoms with E-state index in [2.05, 4.69) is 15.6 Å². The number of guanidine groups is 1. The predicted octanol–water partition coefficient (Wildman–Crippen LogP) is 2.56. The largest absolute Gasteiger partial charge is 0.497 e. The van der Waals surface area contributed by atoms with Gasteiger partial charge in [-0.2, -0.15) is 0 Å². The normalized spacial score (nSPS) is 12.5. The molecule has 0 saturated carbocycles. The minimum absolute atomic E-state index is 0.539. The molecule has 0 fully saturated rings. The minimum atomic E-state index is -1.01. The topological polar surface area (TPSA) is 62.7 Å². The molecule has 25 heavy (non-hydrogen) atoms. The average Bonchev–Trinajstić information content (AvgIpc) is 2.67. The lowest BCUT2D eigenvalue weighted by atomic mass is 10.2. The Hall–Kier alpha value is -2.34. The van der Waals surface area contributed by atoms with Gasteiger partial charge in [0.05, 0.1) is 24.5 Å². The number of ether oxygens (including phenoxy) is 1. The van der Waals surface area contributed by atoms with Crippen LogP contribution in [0.5, 0.6) is 5.75 Å². The number of methoxy groups -OCH3 is 1. The van der Waals surface area contributed by atoms with Crippen LogP contribution < -0.4 is 15.4 Å². The molecule has 6 heteroatoms. The first-order valence-electron chi connectivity index (χ1n) is 8.31. The van der Waals surface area contributed by atoms with E-state index in [0.717, 1.165) is 28.7 Å². The Bertz CT molecular complexity index is 688. The fourth-order valence-electron chi connectivity index (χ4n) is 2.20. The summed E-state index contributed by atoms with van der Waals surface area (Å²) < 4.78 is 17.4. The van der Waals surface area contributed by atoms with Crippen molar-refractivity contribution in [1.82, 2.24) is 10.6 Å². The van der Waals surface area contributed by atoms with Gasteiger partial charge in [0.1, 0.15) is 5.75 Å². The Morgan fingerprint density at radius 3 is 2.44 bits per heavy atom. The summed E-state index contributed by atoms with van der Waals surface area (Å²) in [5.74, 6) is 2.10. The summed E-state index contributed by atoms with van der Waals surface area (Å²) in [6.07, 6.45) is 0. The minimum Gasteiger partial charge on any atom is -0.497 e. The van der Waals surface area contributed by atoms with Crippen LogP contribution in [0.25, 0.3) is 0 Å². The SMILES string of the molecule is CCNC(=NCc1ccc(OC)cc1)NCCS(=O)c1ccccc1. The first kappa shape index (κ1) is 19.0. The van der Waals surface area contributed by atoms with Crippen molar-refractivity contribution >= 4 is 16.8 Å². The highest BCUT2D eigenvalue weighted by atomic mass is 32.2. The van der Waals surface area contributed by atoms with Crippen LogP contribution in [0.1, 0.15) is 12.5 Å². The second-order valence-electron chi connectivity index (χ2n) is 5.33. The van der Waals surface area contributed by atoms with Gasteiger partial charge in [-0.3, -0.25) is 4.21 Å². The van der Waals surface area contributed by atoms with Crippen LogP contribution in [-0.2, 0) is 17.3 Å². The van der Waals surface area contributed by atoms with Gasteiger partial charge >= 0.3 is 0 Å². The summed E-state index contributed by atoms with van der Waals surface area (Å²) in [4.78, 5) is 5.41. The molecule has 5 nitrogen and oxygen atoms in total. The number of nitrogens with one attached hydrogen (secondary N) is 2. The molecule has 0 spiro atoms. The summed E-state index contributed by atoms with van der Waals surface area (Å²) in [6.45, 7) is 3.96. The lowest BCUT2D eigenvalue weighted by molar-refractivity contribution is 0.414. The van der Waals surface area contributed by atoms with Crippen molar-refractivity contribution in [1.29, 1.82) is 0 Å². The molecular weight excluding hydrogens is 334 g/mol. The van der Waals surface area contributed by atoms with Crippen LogP contribution in [0.3, 0.4) is 0 Å². The number of rotatable bonds is 8. The molecule has 0 aliphatic rings. The molecule has 2 aromatic rings. The molecule has 2 aromatic carbocycles. The Morgan fingerprint density at radius 2 is 1.80 bits per heavy atom. The highest BCUT2D eigenvalue weighted by Crippen LogP contribution is 2.11. The van der Waals surface area contributed by atoms with Crippen molar-refractivity contribution in [3.05, 3.63) is 60.2 Å². The third-order valence-corrected chi connectivity index (χ3v) is 4.88. The van der Waals surface area contributed by atoms with Gasteiger partial charge in [-0.15, -0.1) is 0 Å². The molecule has 0 saturated heterocycles. The lowest BCUT2D eigenvalue weighted by Gasteiger charge is -2.11. The van der Waals surface area contributed by atoms with E-state index in [4.69, 9.17) is 4.74 Å². The second-order valence-corrected chi connectivity index (χ2v) is 6.90. The summed E-state index contributed by atoms with van der Waals surface area (Å²) in [5.41, 5.74) is 1.10. The molecule has 134 valence electrons. The van der Waals surface area contributed by atoms with E-state index < -0.39 is 10.8 Å². The molecule has 2 N–H and O–H groups in total. The van der Waals surface area contributed by atoms with E-state index in [1.807, 2.05) is 61.5 Å². The van der Waals surface area contributed by atoms with Gasteiger partial charge in [-0.05, 0) is 36.8 Å². The number of hydrogen-bond acceptors (Lipinski definition) is 3. The van der Waals surface area contributed by atoms with Crippen LogP contribution in [0.4, 0.5) is 0 Å². The Balaban J connectivity index is 1.85. The predicted molar refractivity (Wildman–Crippen MR) is 104 cm³/mol. The lowest BCUT2D eigenvalue weighted by Crippen LogP contribution is -2.39. The summed E-state index contributed by atoms with van der Waals surface area (Å²) in [5, 5.41) is 6.44. The fourth-order valence-corrected chi connectivity index (χ4v) is 3.18. The van der Waals surface area contributed by atoms with E-state index >= 15 is 0 Å². The van der Waals surface area contributed by atoms with Gasteiger partial charge in [-0.25, -0.2) is 4.99 Å². The monoisotopic (exact) mass is 359 g/mol. The number of hydrogen-bond donors (Lipinski definition) is 2. The highest BCUT2D eigenvalue weighted by Gasteiger charge is 2.04. The number of nitrogens with zero attached hydrogens (tertiary/aromatic N) is 1. The van der Waals surface area contributed by atoms with Crippen LogP contribution in [0.15, 0.2) is 64.5 Å². The van der Waals surface area contributed by atoms with Crippen LogP contribution in [0, 0.1) is 0 Å². The smallest absolute Gasteiger partial charge is 0.191 e. The molecule has 0 aliphatic carbocycles. The molecule has 0 radical (unpaired) electrons. The van der Waals surface area contributed by atoms with Crippen molar-refractivity contribution in [3.63, 3.8) is 0 Å². The summed E-state index contributed by atoms with van der Waals surface area (Å²) in [6, 6.07) is 17.4. The van der Waals surface area contributed by atoms with Crippen LogP contribution >= 0.6 is 0 Å². The highest BCUT2D eigenvalue weighted by molar-refractivity contribution is 7.85. The van der Waals surface area contributed by atoms with Crippen molar-refractivity contribution in [2.75, 3.05) is 26.0 Å². The van der Waals surface area contributed by atoms with Gasteiger partial charge < -0.3 is 15.4 Å². The van der Waals surface area contributed by atoms with E-state index in [9.17, 15) is 4.21 Å². The first-order chi connectivity index (χ1) is 12.2. The van der Waals surface area contributed by atoms with E-state index in [1.165, 1.54) is 0 Å². The van der Waals surface area contributed by atoms with Crippen molar-refractivity contribution in [3.8, 4) is 5.75 Å². The van der Waals surface area contributed by atoms with Crippen molar-refractivity contribution < 1.29 is 8.95 Å². The molecule has 0 heterocycles. The third kappa shape index (κ3) is 6.58. The molecule has 1 unspecified atom stereocenters. The zero-order chi connectivity index (χ0) is 17.9. The van der Waals surface area contributed by atoms with Crippen molar-refractivity contribution in [2.24, 2.45) is 4.99 Å². The Kier molecular flexibility index (Phi) is 7.98. The summed E-state index contributed by atoms with van der Waals surface area (Å²) >= 11 is 0. The van der Waals surface area contributed by atoms with Crippen LogP contribution in [0.2, 0.25) is 0 Å².